The van der Waals surface area contributed by atoms with E-state index in [1.54, 1.807) is 14.2 Å². The predicted molar refractivity (Wildman–Crippen MR) is 105 cm³/mol. The van der Waals surface area contributed by atoms with Gasteiger partial charge in [0.15, 0.2) is 5.82 Å². The second kappa shape index (κ2) is 8.00. The monoisotopic (exact) mass is 348 g/mol. The lowest BCUT2D eigenvalue weighted by atomic mass is 10.0. The third kappa shape index (κ3) is 3.69. The molecule has 1 aromatic heterocycles. The number of hydrogen-bond donors (Lipinski definition) is 0. The van der Waals surface area contributed by atoms with E-state index < -0.39 is 0 Å². The van der Waals surface area contributed by atoms with Crippen molar-refractivity contribution in [2.45, 2.75) is 26.7 Å². The summed E-state index contributed by atoms with van der Waals surface area (Å²) in [6.45, 7) is 4.27. The summed E-state index contributed by atoms with van der Waals surface area (Å²) in [4.78, 5) is 9.70. The van der Waals surface area contributed by atoms with Crippen molar-refractivity contribution in [3.8, 4) is 34.1 Å². The first-order chi connectivity index (χ1) is 12.7. The summed E-state index contributed by atoms with van der Waals surface area (Å²) >= 11 is 0. The minimum Gasteiger partial charge on any atom is -0.497 e. The molecule has 134 valence electrons. The molecule has 0 saturated heterocycles. The van der Waals surface area contributed by atoms with E-state index >= 15 is 0 Å². The minimum atomic E-state index is 0.743. The van der Waals surface area contributed by atoms with Crippen LogP contribution in [-0.4, -0.2) is 24.2 Å². The van der Waals surface area contributed by atoms with Crippen LogP contribution in [-0.2, 0) is 6.42 Å². The second-order valence-electron chi connectivity index (χ2n) is 6.17. The number of nitrogens with zero attached hydrogens (tertiary/aromatic N) is 2. The van der Waals surface area contributed by atoms with Crippen molar-refractivity contribution >= 4 is 0 Å². The van der Waals surface area contributed by atoms with Gasteiger partial charge in [0.1, 0.15) is 11.5 Å². The lowest BCUT2D eigenvalue weighted by molar-refractivity contribution is 0.415. The lowest BCUT2D eigenvalue weighted by Gasteiger charge is -2.13. The molecule has 0 aliphatic carbocycles. The van der Waals surface area contributed by atoms with Crippen LogP contribution in [0.4, 0.5) is 0 Å². The van der Waals surface area contributed by atoms with Crippen LogP contribution >= 0.6 is 0 Å². The average molecular weight is 348 g/mol. The number of benzene rings is 2. The molecule has 0 amide bonds. The van der Waals surface area contributed by atoms with Gasteiger partial charge in [-0.05, 0) is 67.4 Å². The highest BCUT2D eigenvalue weighted by Crippen LogP contribution is 2.29. The molecule has 0 radical (unpaired) electrons. The van der Waals surface area contributed by atoms with E-state index in [1.165, 1.54) is 0 Å². The zero-order valence-corrected chi connectivity index (χ0v) is 15.7. The summed E-state index contributed by atoms with van der Waals surface area (Å²) in [6.07, 6.45) is 1.97. The van der Waals surface area contributed by atoms with Crippen molar-refractivity contribution in [3.05, 3.63) is 59.8 Å². The first-order valence-corrected chi connectivity index (χ1v) is 8.82. The summed E-state index contributed by atoms with van der Waals surface area (Å²) < 4.78 is 10.5. The van der Waals surface area contributed by atoms with Crippen LogP contribution in [0, 0.1) is 6.92 Å². The van der Waals surface area contributed by atoms with Gasteiger partial charge in [-0.1, -0.05) is 13.3 Å². The van der Waals surface area contributed by atoms with E-state index in [0.29, 0.717) is 0 Å². The third-order valence-electron chi connectivity index (χ3n) is 4.45. The van der Waals surface area contributed by atoms with Gasteiger partial charge in [0.05, 0.1) is 19.9 Å². The van der Waals surface area contributed by atoms with E-state index in [9.17, 15) is 0 Å². The molecule has 4 heteroatoms. The first kappa shape index (κ1) is 17.9. The van der Waals surface area contributed by atoms with Crippen molar-refractivity contribution in [2.75, 3.05) is 14.2 Å². The van der Waals surface area contributed by atoms with Gasteiger partial charge in [0.2, 0.25) is 0 Å². The van der Waals surface area contributed by atoms with Gasteiger partial charge in [-0.15, -0.1) is 0 Å². The van der Waals surface area contributed by atoms with Crippen molar-refractivity contribution in [1.29, 1.82) is 0 Å². The van der Waals surface area contributed by atoms with E-state index in [-0.39, 0.29) is 0 Å². The van der Waals surface area contributed by atoms with Gasteiger partial charge in [-0.25, -0.2) is 9.97 Å². The second-order valence-corrected chi connectivity index (χ2v) is 6.17. The Bertz CT molecular complexity index is 872. The molecular formula is C22H24N2O2. The number of ether oxygens (including phenoxy) is 2. The fourth-order valence-electron chi connectivity index (χ4n) is 2.94. The summed E-state index contributed by atoms with van der Waals surface area (Å²) in [5.41, 5.74) is 5.25. The molecule has 0 atom stereocenters. The third-order valence-corrected chi connectivity index (χ3v) is 4.45. The molecule has 3 aromatic rings. The molecule has 0 N–H and O–H groups in total. The Morgan fingerprint density at radius 1 is 0.769 bits per heavy atom. The summed E-state index contributed by atoms with van der Waals surface area (Å²) in [5, 5.41) is 0. The quantitative estimate of drug-likeness (QED) is 0.622. The average Bonchev–Trinajstić information content (AvgIpc) is 2.70. The van der Waals surface area contributed by atoms with Crippen LogP contribution in [0.3, 0.4) is 0 Å². The number of rotatable bonds is 6. The maximum absolute atomic E-state index is 5.27. The predicted octanol–water partition coefficient (Wildman–Crippen LogP) is 5.09. The van der Waals surface area contributed by atoms with E-state index in [1.807, 2.05) is 48.5 Å². The molecular weight excluding hydrogens is 324 g/mol. The molecule has 4 nitrogen and oxygen atoms in total. The Labute approximate surface area is 154 Å². The smallest absolute Gasteiger partial charge is 0.160 e. The SMILES string of the molecule is CCCc1nc(-c2ccc(OC)cc2)nc(-c2ccc(OC)cc2)c1C. The van der Waals surface area contributed by atoms with Crippen molar-refractivity contribution in [2.24, 2.45) is 0 Å². The molecule has 0 spiro atoms. The maximum atomic E-state index is 5.27. The first-order valence-electron chi connectivity index (χ1n) is 8.82. The maximum Gasteiger partial charge on any atom is 0.160 e. The molecule has 2 aromatic carbocycles. The van der Waals surface area contributed by atoms with Gasteiger partial charge in [0, 0.05) is 16.8 Å². The van der Waals surface area contributed by atoms with Crippen LogP contribution in [0.5, 0.6) is 11.5 Å². The summed E-state index contributed by atoms with van der Waals surface area (Å²) in [6, 6.07) is 15.9. The lowest BCUT2D eigenvalue weighted by Crippen LogP contribution is -2.03. The Hall–Kier alpha value is -2.88. The Morgan fingerprint density at radius 3 is 1.81 bits per heavy atom. The zero-order chi connectivity index (χ0) is 18.5. The van der Waals surface area contributed by atoms with E-state index in [4.69, 9.17) is 19.4 Å². The molecule has 0 aliphatic heterocycles. The van der Waals surface area contributed by atoms with E-state index in [0.717, 1.165) is 58.2 Å². The molecule has 1 heterocycles. The molecule has 0 saturated carbocycles. The highest BCUT2D eigenvalue weighted by molar-refractivity contribution is 5.68. The molecule has 0 unspecified atom stereocenters. The highest BCUT2D eigenvalue weighted by atomic mass is 16.5. The van der Waals surface area contributed by atoms with E-state index in [2.05, 4.69) is 13.8 Å². The highest BCUT2D eigenvalue weighted by Gasteiger charge is 2.14. The molecule has 26 heavy (non-hydrogen) atoms. The Kier molecular flexibility index (Phi) is 5.52. The Balaban J connectivity index is 2.11. The topological polar surface area (TPSA) is 44.2 Å². The normalized spacial score (nSPS) is 10.6. The molecule has 0 bridgehead atoms. The van der Waals surface area contributed by atoms with Crippen LogP contribution in [0.2, 0.25) is 0 Å². The van der Waals surface area contributed by atoms with Gasteiger partial charge in [0.25, 0.3) is 0 Å². The van der Waals surface area contributed by atoms with Crippen molar-refractivity contribution in [3.63, 3.8) is 0 Å². The number of aryl methyl sites for hydroxylation is 1. The number of methoxy groups -OCH3 is 2. The number of aromatic nitrogens is 2. The van der Waals surface area contributed by atoms with Gasteiger partial charge < -0.3 is 9.47 Å². The summed E-state index contributed by atoms with van der Waals surface area (Å²) in [5.74, 6) is 2.40. The largest absolute Gasteiger partial charge is 0.497 e. The standard InChI is InChI=1S/C22H24N2O2/c1-5-6-20-15(2)21(16-7-11-18(25-3)12-8-16)24-22(23-20)17-9-13-19(26-4)14-10-17/h7-14H,5-6H2,1-4H3. The molecule has 0 aliphatic rings. The molecule has 0 fully saturated rings. The van der Waals surface area contributed by atoms with Crippen LogP contribution in [0.25, 0.3) is 22.6 Å². The van der Waals surface area contributed by atoms with Gasteiger partial charge in [-0.3, -0.25) is 0 Å². The molecule has 3 rings (SSSR count). The van der Waals surface area contributed by atoms with Crippen LogP contribution in [0.15, 0.2) is 48.5 Å². The van der Waals surface area contributed by atoms with Gasteiger partial charge in [-0.2, -0.15) is 0 Å². The summed E-state index contributed by atoms with van der Waals surface area (Å²) in [7, 11) is 3.34. The van der Waals surface area contributed by atoms with Crippen LogP contribution in [0.1, 0.15) is 24.6 Å². The Morgan fingerprint density at radius 2 is 1.31 bits per heavy atom. The zero-order valence-electron chi connectivity index (χ0n) is 15.7. The van der Waals surface area contributed by atoms with Gasteiger partial charge >= 0.3 is 0 Å². The van der Waals surface area contributed by atoms with Crippen molar-refractivity contribution < 1.29 is 9.47 Å². The van der Waals surface area contributed by atoms with Crippen LogP contribution < -0.4 is 9.47 Å². The minimum absolute atomic E-state index is 0.743. The van der Waals surface area contributed by atoms with Crippen molar-refractivity contribution in [1.82, 2.24) is 9.97 Å². The fourth-order valence-corrected chi connectivity index (χ4v) is 2.94. The number of hydrogen-bond acceptors (Lipinski definition) is 4. The fraction of sp³-hybridized carbons (Fsp3) is 0.273.